The third-order valence-electron chi connectivity index (χ3n) is 5.92. The summed E-state index contributed by atoms with van der Waals surface area (Å²) in [6.07, 6.45) is 9.66. The molecule has 0 bridgehead atoms. The number of methoxy groups -OCH3 is 1. The maximum absolute atomic E-state index is 12.9. The first-order chi connectivity index (χ1) is 17.5. The van der Waals surface area contributed by atoms with Gasteiger partial charge in [0.1, 0.15) is 11.4 Å². The molecule has 9 heteroatoms. The van der Waals surface area contributed by atoms with E-state index in [1.165, 1.54) is 6.42 Å². The predicted molar refractivity (Wildman–Crippen MR) is 140 cm³/mol. The van der Waals surface area contributed by atoms with Gasteiger partial charge in [-0.05, 0) is 54.8 Å². The molecule has 0 spiro atoms. The highest BCUT2D eigenvalue weighted by Gasteiger charge is 2.17. The lowest BCUT2D eigenvalue weighted by Gasteiger charge is -2.08. The van der Waals surface area contributed by atoms with Gasteiger partial charge in [0.25, 0.3) is 0 Å². The Kier molecular flexibility index (Phi) is 8.45. The molecule has 36 heavy (non-hydrogen) atoms. The van der Waals surface area contributed by atoms with E-state index in [-0.39, 0.29) is 11.4 Å². The van der Waals surface area contributed by atoms with Gasteiger partial charge in [0.05, 0.1) is 23.9 Å². The number of aromatic nitrogens is 4. The van der Waals surface area contributed by atoms with Gasteiger partial charge in [-0.2, -0.15) is 0 Å². The van der Waals surface area contributed by atoms with E-state index in [9.17, 15) is 8.42 Å². The van der Waals surface area contributed by atoms with Crippen LogP contribution in [-0.2, 0) is 22.9 Å². The number of benzene rings is 2. The lowest BCUT2D eigenvalue weighted by atomic mass is 10.1. The van der Waals surface area contributed by atoms with Gasteiger partial charge >= 0.3 is 0 Å². The molecule has 4 aromatic rings. The van der Waals surface area contributed by atoms with Crippen molar-refractivity contribution in [2.75, 3.05) is 13.7 Å². The maximum atomic E-state index is 12.9. The number of nitrogens with one attached hydrogen (secondary N) is 2. The summed E-state index contributed by atoms with van der Waals surface area (Å²) in [5.41, 5.74) is 4.18. The molecule has 0 fully saturated rings. The van der Waals surface area contributed by atoms with Crippen LogP contribution in [0.15, 0.2) is 72.0 Å². The van der Waals surface area contributed by atoms with Crippen LogP contribution in [-0.4, -0.2) is 42.0 Å². The zero-order valence-corrected chi connectivity index (χ0v) is 21.4. The van der Waals surface area contributed by atoms with Crippen LogP contribution in [0.3, 0.4) is 0 Å². The average Bonchev–Trinajstić information content (AvgIpc) is 3.34. The van der Waals surface area contributed by atoms with Crippen LogP contribution >= 0.6 is 0 Å². The zero-order valence-electron chi connectivity index (χ0n) is 20.6. The van der Waals surface area contributed by atoms with Crippen LogP contribution in [0.5, 0.6) is 5.75 Å². The van der Waals surface area contributed by atoms with Crippen LogP contribution in [0.2, 0.25) is 0 Å². The lowest BCUT2D eigenvalue weighted by Crippen LogP contribution is -2.26. The standard InChI is InChI=1S/C27H31N5O3S/c1-3-4-5-6-20-7-13-23(14-8-20)36(33,34)30-16-15-24-26(21-9-11-22(35-2)12-10-21)32-27(31-24)25-19-28-17-18-29-25/h7-14,17-19,30H,3-6,15-16H2,1-2H3,(H,31,32). The Hall–Kier alpha value is -3.56. The fourth-order valence-corrected chi connectivity index (χ4v) is 4.96. The van der Waals surface area contributed by atoms with Gasteiger partial charge in [-0.3, -0.25) is 4.98 Å². The van der Waals surface area contributed by atoms with Gasteiger partial charge in [0.15, 0.2) is 5.82 Å². The zero-order chi connectivity index (χ0) is 25.4. The highest BCUT2D eigenvalue weighted by Crippen LogP contribution is 2.27. The normalized spacial score (nSPS) is 11.5. The van der Waals surface area contributed by atoms with Crippen LogP contribution in [0.25, 0.3) is 22.8 Å². The number of rotatable bonds is 12. The molecule has 2 N–H and O–H groups in total. The predicted octanol–water partition coefficient (Wildman–Crippen LogP) is 4.80. The van der Waals surface area contributed by atoms with Gasteiger partial charge in [-0.25, -0.2) is 23.1 Å². The van der Waals surface area contributed by atoms with E-state index in [1.54, 1.807) is 37.8 Å². The summed E-state index contributed by atoms with van der Waals surface area (Å²) in [5.74, 6) is 1.32. The Labute approximate surface area is 212 Å². The van der Waals surface area contributed by atoms with E-state index in [4.69, 9.17) is 9.72 Å². The van der Waals surface area contributed by atoms with Crippen molar-refractivity contribution in [3.8, 4) is 28.5 Å². The van der Waals surface area contributed by atoms with E-state index in [2.05, 4.69) is 26.6 Å². The van der Waals surface area contributed by atoms with E-state index in [1.807, 2.05) is 36.4 Å². The van der Waals surface area contributed by atoms with Crippen LogP contribution in [0, 0.1) is 0 Å². The van der Waals surface area contributed by atoms with Gasteiger partial charge in [0, 0.05) is 36.6 Å². The Bertz CT molecular complexity index is 1350. The number of hydrogen-bond acceptors (Lipinski definition) is 6. The molecular weight excluding hydrogens is 474 g/mol. The number of imidazole rings is 1. The van der Waals surface area contributed by atoms with E-state index in [0.29, 0.717) is 17.9 Å². The summed E-state index contributed by atoms with van der Waals surface area (Å²) in [6, 6.07) is 14.7. The lowest BCUT2D eigenvalue weighted by molar-refractivity contribution is 0.415. The summed E-state index contributed by atoms with van der Waals surface area (Å²) in [5, 5.41) is 0. The third kappa shape index (κ3) is 6.35. The largest absolute Gasteiger partial charge is 0.497 e. The number of sulfonamides is 1. The van der Waals surface area contributed by atoms with Crippen LogP contribution in [0.1, 0.15) is 37.4 Å². The molecular formula is C27H31N5O3S. The van der Waals surface area contributed by atoms with Crippen molar-refractivity contribution in [3.63, 3.8) is 0 Å². The summed E-state index contributed by atoms with van der Waals surface area (Å²) in [6.45, 7) is 2.38. The number of ether oxygens (including phenoxy) is 1. The molecule has 2 aromatic heterocycles. The van der Waals surface area contributed by atoms with Crippen LogP contribution < -0.4 is 9.46 Å². The first-order valence-corrected chi connectivity index (χ1v) is 13.6. The highest BCUT2D eigenvalue weighted by molar-refractivity contribution is 7.89. The fourth-order valence-electron chi connectivity index (χ4n) is 3.93. The number of nitrogens with zero attached hydrogens (tertiary/aromatic N) is 3. The Morgan fingerprint density at radius 1 is 0.972 bits per heavy atom. The van der Waals surface area contributed by atoms with Gasteiger partial charge < -0.3 is 9.72 Å². The molecule has 0 atom stereocenters. The van der Waals surface area contributed by atoms with Crippen molar-refractivity contribution in [1.29, 1.82) is 0 Å². The number of aromatic amines is 1. The Balaban J connectivity index is 1.49. The highest BCUT2D eigenvalue weighted by atomic mass is 32.2. The summed E-state index contributed by atoms with van der Waals surface area (Å²) < 4.78 is 33.7. The average molecular weight is 506 g/mol. The topological polar surface area (TPSA) is 110 Å². The fraction of sp³-hybridized carbons (Fsp3) is 0.296. The molecule has 188 valence electrons. The van der Waals surface area contributed by atoms with Crippen molar-refractivity contribution >= 4 is 10.0 Å². The molecule has 0 aliphatic heterocycles. The summed E-state index contributed by atoms with van der Waals surface area (Å²) in [7, 11) is -2.01. The molecule has 2 heterocycles. The Morgan fingerprint density at radius 3 is 2.42 bits per heavy atom. The van der Waals surface area contributed by atoms with Gasteiger partial charge in [0.2, 0.25) is 10.0 Å². The second-order valence-corrected chi connectivity index (χ2v) is 10.2. The molecule has 0 aliphatic carbocycles. The SMILES string of the molecule is CCCCCc1ccc(S(=O)(=O)NCCc2[nH]c(-c3cnccn3)nc2-c2ccc(OC)cc2)cc1. The molecule has 0 radical (unpaired) electrons. The van der Waals surface area contributed by atoms with Crippen molar-refractivity contribution in [1.82, 2.24) is 24.7 Å². The molecule has 8 nitrogen and oxygen atoms in total. The molecule has 0 unspecified atom stereocenters. The monoisotopic (exact) mass is 505 g/mol. The summed E-state index contributed by atoms with van der Waals surface area (Å²) >= 11 is 0. The minimum Gasteiger partial charge on any atom is -0.497 e. The van der Waals surface area contributed by atoms with Crippen LogP contribution in [0.4, 0.5) is 0 Å². The molecule has 0 aliphatic rings. The van der Waals surface area contributed by atoms with Gasteiger partial charge in [-0.1, -0.05) is 31.9 Å². The molecule has 4 rings (SSSR count). The van der Waals surface area contributed by atoms with E-state index >= 15 is 0 Å². The molecule has 0 saturated carbocycles. The van der Waals surface area contributed by atoms with Crippen molar-refractivity contribution in [3.05, 3.63) is 78.4 Å². The first kappa shape index (κ1) is 25.5. The van der Waals surface area contributed by atoms with Crippen molar-refractivity contribution in [2.24, 2.45) is 0 Å². The van der Waals surface area contributed by atoms with Crippen molar-refractivity contribution < 1.29 is 13.2 Å². The number of unbranched alkanes of at least 4 members (excludes halogenated alkanes) is 2. The second kappa shape index (κ2) is 11.9. The number of aryl methyl sites for hydroxylation is 1. The maximum Gasteiger partial charge on any atom is 0.240 e. The van der Waals surface area contributed by atoms with Gasteiger partial charge in [-0.15, -0.1) is 0 Å². The number of H-pyrrole nitrogens is 1. The quantitative estimate of drug-likeness (QED) is 0.268. The first-order valence-electron chi connectivity index (χ1n) is 12.1. The van der Waals surface area contributed by atoms with E-state index in [0.717, 1.165) is 47.5 Å². The molecule has 0 saturated heterocycles. The second-order valence-electron chi connectivity index (χ2n) is 8.48. The van der Waals surface area contributed by atoms with E-state index < -0.39 is 10.0 Å². The minimum atomic E-state index is -3.63. The summed E-state index contributed by atoms with van der Waals surface area (Å²) in [4.78, 5) is 16.8. The molecule has 2 aromatic carbocycles. The smallest absolute Gasteiger partial charge is 0.240 e. The number of hydrogen-bond donors (Lipinski definition) is 2. The Morgan fingerprint density at radius 2 is 1.75 bits per heavy atom. The minimum absolute atomic E-state index is 0.214. The molecule has 0 amide bonds. The van der Waals surface area contributed by atoms with Crippen molar-refractivity contribution in [2.45, 2.75) is 43.9 Å². The third-order valence-corrected chi connectivity index (χ3v) is 7.39.